The van der Waals surface area contributed by atoms with E-state index in [0.29, 0.717) is 127 Å². The summed E-state index contributed by atoms with van der Waals surface area (Å²) in [5, 5.41) is 125. The van der Waals surface area contributed by atoms with Crippen molar-refractivity contribution < 1.29 is 90.0 Å². The van der Waals surface area contributed by atoms with Crippen molar-refractivity contribution in [1.82, 2.24) is 0 Å². The molecule has 0 aromatic heterocycles. The summed E-state index contributed by atoms with van der Waals surface area (Å²) in [4.78, 5) is 75.0. The maximum Gasteiger partial charge on any atom is 0.196 e. The largest absolute Gasteiger partial charge is 0.507 e. The van der Waals surface area contributed by atoms with Gasteiger partial charge in [0, 0.05) is 102 Å². The monoisotopic (exact) mass is 2150 g/mol. The van der Waals surface area contributed by atoms with Gasteiger partial charge in [-0.3, -0.25) is 28.8 Å². The first-order chi connectivity index (χ1) is 61.7. The van der Waals surface area contributed by atoms with Gasteiger partial charge in [-0.1, -0.05) is 301 Å². The van der Waals surface area contributed by atoms with Gasteiger partial charge >= 0.3 is 0 Å². The van der Waals surface area contributed by atoms with Crippen LogP contribution in [0, 0.1) is 6.92 Å². The SMILES string of the molecule is CCCCCCCc1cc(Cl)c(O)c(C(=O)C2=CC(Cl)=C(Cl)C2)c1O.CCCCCCc1cc(Cl)c(O)c(C(=O)C2=CC(Cl)=C(Cl)C2)c1O.CCCCCc1cc(Cl)c(O)c(C(=O)C2=CC(Cl)=C(Cl)C2)c1O.CCCCc1cc(Cl)c(O)c(C(=O)C2=CC(Cl)=C(Cl)C2)c1O.Cc1cc(Cl)c(O)c(C(=O)C2=CC(Cl)=C(Cl)C2)c1O.O=C(C1=CC(Cl)=C(Cl)C1)c1c(O)ccc(Cl)c1O. The third-order valence-electron chi connectivity index (χ3n) is 21.0. The fourth-order valence-electron chi connectivity index (χ4n) is 13.7. The molecule has 6 aromatic rings. The molecule has 0 unspecified atom stereocenters. The van der Waals surface area contributed by atoms with E-state index in [9.17, 15) is 90.0 Å². The number of ketones is 6. The van der Waals surface area contributed by atoms with Gasteiger partial charge in [-0.25, -0.2) is 0 Å². The quantitative estimate of drug-likeness (QED) is 0.0147. The summed E-state index contributed by atoms with van der Waals surface area (Å²) in [5.74, 6) is -7.32. The van der Waals surface area contributed by atoms with Gasteiger partial charge in [-0.05, 0) is 165 Å². The van der Waals surface area contributed by atoms with Crippen LogP contribution in [0.2, 0.25) is 30.1 Å². The van der Waals surface area contributed by atoms with Crippen LogP contribution < -0.4 is 0 Å². The molecule has 18 nitrogen and oxygen atoms in total. The fraction of sp³-hybridized carbons (Fsp3) is 0.305. The number of phenols is 12. The highest BCUT2D eigenvalue weighted by molar-refractivity contribution is 6.46. The van der Waals surface area contributed by atoms with E-state index >= 15 is 0 Å². The number of carbonyl (C=O) groups is 6. The van der Waals surface area contributed by atoms with Gasteiger partial charge in [0.2, 0.25) is 0 Å². The van der Waals surface area contributed by atoms with E-state index < -0.39 is 69.2 Å². The molecule has 0 fully saturated rings. The Morgan fingerprint density at radius 3 is 0.679 bits per heavy atom. The van der Waals surface area contributed by atoms with Crippen molar-refractivity contribution in [2.24, 2.45) is 0 Å². The molecule has 0 radical (unpaired) electrons. The summed E-state index contributed by atoms with van der Waals surface area (Å²) in [6, 6.07) is 9.93. The first-order valence-electron chi connectivity index (χ1n) is 40.8. The molecule has 6 aliphatic carbocycles. The van der Waals surface area contributed by atoms with E-state index in [2.05, 4.69) is 20.8 Å². The number of allylic oxidation sites excluding steroid dienone is 24. The van der Waals surface area contributed by atoms with Crippen molar-refractivity contribution in [2.45, 2.75) is 189 Å². The minimum Gasteiger partial charge on any atom is -0.507 e. The van der Waals surface area contributed by atoms with Crippen molar-refractivity contribution in [3.63, 3.8) is 0 Å². The maximum absolute atomic E-state index is 12.7. The Bertz CT molecular complexity index is 5910. The zero-order chi connectivity index (χ0) is 97.8. The minimum absolute atomic E-state index is 0.00222. The number of phenolic OH excluding ortho intramolecular Hbond substituents is 12. The summed E-state index contributed by atoms with van der Waals surface area (Å²) in [6.45, 7) is 9.94. The Morgan fingerprint density at radius 1 is 0.237 bits per heavy atom. The molecule has 0 bridgehead atoms. The first-order valence-corrected chi connectivity index (χ1v) is 47.6. The molecule has 6 aliphatic rings. The van der Waals surface area contributed by atoms with Crippen LogP contribution in [-0.2, 0) is 25.7 Å². The third kappa shape index (κ3) is 28.4. The number of rotatable bonds is 30. The smallest absolute Gasteiger partial charge is 0.196 e. The zero-order valence-electron chi connectivity index (χ0n) is 70.6. The molecular formula is C95H88Cl18O18. The van der Waals surface area contributed by atoms with Gasteiger partial charge in [-0.2, -0.15) is 0 Å². The molecule has 36 heteroatoms. The second-order valence-electron chi connectivity index (χ2n) is 30.5. The number of benzene rings is 6. The lowest BCUT2D eigenvalue weighted by Crippen LogP contribution is -2.05. The molecule has 0 saturated carbocycles. The Labute approximate surface area is 847 Å². The molecule has 6 aromatic carbocycles. The predicted molar refractivity (Wildman–Crippen MR) is 530 cm³/mol. The Kier molecular flexibility index (Phi) is 43.5. The lowest BCUT2D eigenvalue weighted by molar-refractivity contribution is 0.101. The third-order valence-corrected chi connectivity index (χ3v) is 27.4. The lowest BCUT2D eigenvalue weighted by atomic mass is 9.95. The molecule has 0 spiro atoms. The van der Waals surface area contributed by atoms with E-state index in [4.69, 9.17) is 209 Å². The van der Waals surface area contributed by atoms with Crippen LogP contribution in [0.4, 0.5) is 0 Å². The number of Topliss-reactive ketones (excluding diaryl/α,β-unsaturated/α-hetero) is 6. The summed E-state index contributed by atoms with van der Waals surface area (Å²) in [5.41, 5.74) is 3.22. The van der Waals surface area contributed by atoms with Crippen molar-refractivity contribution in [1.29, 1.82) is 0 Å². The van der Waals surface area contributed by atoms with Crippen molar-refractivity contribution in [3.05, 3.63) is 264 Å². The molecule has 0 aliphatic heterocycles. The van der Waals surface area contributed by atoms with Gasteiger partial charge in [-0.15, -0.1) is 0 Å². The highest BCUT2D eigenvalue weighted by atomic mass is 35.5. The van der Waals surface area contributed by atoms with Gasteiger partial charge in [0.15, 0.2) is 34.7 Å². The molecule has 702 valence electrons. The fourth-order valence-corrected chi connectivity index (χ4v) is 17.4. The van der Waals surface area contributed by atoms with E-state index in [1.165, 1.54) is 85.3 Å². The van der Waals surface area contributed by atoms with E-state index in [1.807, 2.05) is 6.92 Å². The number of aromatic hydroxyl groups is 12. The molecule has 131 heavy (non-hydrogen) atoms. The molecular weight excluding hydrogens is 2070 g/mol. The number of halogens is 18. The van der Waals surface area contributed by atoms with Gasteiger partial charge < -0.3 is 61.3 Å². The van der Waals surface area contributed by atoms with Crippen LogP contribution in [0.3, 0.4) is 0 Å². The van der Waals surface area contributed by atoms with Crippen LogP contribution in [0.15, 0.2) is 173 Å². The van der Waals surface area contributed by atoms with Crippen LogP contribution in [0.1, 0.15) is 246 Å². The van der Waals surface area contributed by atoms with Crippen molar-refractivity contribution in [2.75, 3.05) is 0 Å². The number of unbranched alkanes of at least 4 members (excludes halogenated alkanes) is 10. The minimum atomic E-state index is -0.554. The van der Waals surface area contributed by atoms with Gasteiger partial charge in [0.1, 0.15) is 102 Å². The summed E-state index contributed by atoms with van der Waals surface area (Å²) < 4.78 is 0. The van der Waals surface area contributed by atoms with Crippen molar-refractivity contribution in [3.8, 4) is 69.0 Å². The maximum atomic E-state index is 12.7. The number of hydrogen-bond acceptors (Lipinski definition) is 18. The Balaban J connectivity index is 0.000000216. The zero-order valence-corrected chi connectivity index (χ0v) is 84.2. The molecule has 12 N–H and O–H groups in total. The highest BCUT2D eigenvalue weighted by Gasteiger charge is 2.35. The van der Waals surface area contributed by atoms with Crippen LogP contribution >= 0.6 is 209 Å². The van der Waals surface area contributed by atoms with Crippen molar-refractivity contribution >= 4 is 244 Å². The van der Waals surface area contributed by atoms with Crippen LogP contribution in [-0.4, -0.2) is 96.0 Å². The highest BCUT2D eigenvalue weighted by Crippen LogP contribution is 2.50. The molecule has 0 heterocycles. The van der Waals surface area contributed by atoms with Gasteiger partial charge in [0.05, 0.1) is 60.3 Å². The van der Waals surface area contributed by atoms with E-state index in [0.717, 1.165) is 83.5 Å². The lowest BCUT2D eigenvalue weighted by Gasteiger charge is -2.13. The average molecular weight is 2160 g/mol. The standard InChI is InChI=1S/C19H21Cl3O3.C18H19Cl3O3.C17H17Cl3O3.C16H15Cl3O3.C13H9Cl3O3.C12H7Cl3O3/c1-2-3-4-5-6-7-11-8-15(22)19(25)16(17(11)23)18(24)12-9-13(20)14(21)10-12;1-2-3-4-5-6-10-7-14(21)18(24)15(16(10)22)17(23)11-8-12(19)13(20)9-11;1-2-3-4-5-9-6-13(20)17(23)14(15(9)21)16(22)10-7-11(18)12(19)8-10;1-2-3-4-8-5-12(19)16(22)13(14(8)20)15(21)9-6-10(17)11(18)7-9;1-5-2-9(16)13(19)10(11(5)17)12(18)6-3-7(14)8(15)4-6;13-6-1-2-9(16)10(12(6)18)11(17)5-3-7(14)8(15)4-5/h8-9,23,25H,2-7,10H2,1H3;7-8,22,24H,2-6,9H2,1H3;6-7,21,23H,2-5,8H2,1H3;5-6,20,22H,2-4,7H2,1H3;2-3,17,19H,4H2,1H3;1-3,16,18H,4H2. The predicted octanol–water partition coefficient (Wildman–Crippen LogP) is 31.7. The van der Waals surface area contributed by atoms with E-state index in [-0.39, 0.29) is 157 Å². The van der Waals surface area contributed by atoms with Crippen LogP contribution in [0.25, 0.3) is 0 Å². The molecule has 0 atom stereocenters. The van der Waals surface area contributed by atoms with Gasteiger partial charge in [0.25, 0.3) is 0 Å². The van der Waals surface area contributed by atoms with E-state index in [1.54, 1.807) is 6.92 Å². The average Bonchev–Trinajstić information content (AvgIpc) is 1.60. The Morgan fingerprint density at radius 2 is 0.435 bits per heavy atom. The topological polar surface area (TPSA) is 345 Å². The summed E-state index contributed by atoms with van der Waals surface area (Å²) in [7, 11) is 0. The molecule has 12 rings (SSSR count). The second-order valence-corrected chi connectivity index (χ2v) is 38.1. The summed E-state index contributed by atoms with van der Waals surface area (Å²) >= 11 is 106. The second kappa shape index (κ2) is 51.3. The number of aryl methyl sites for hydroxylation is 5. The number of carbonyl (C=O) groups excluding carboxylic acids is 6. The van der Waals surface area contributed by atoms with Crippen LogP contribution in [0.5, 0.6) is 69.0 Å². The first kappa shape index (κ1) is 111. The molecule has 0 saturated heterocycles. The summed E-state index contributed by atoms with van der Waals surface area (Å²) in [6.07, 6.45) is 26.2. The number of hydrogen-bond donors (Lipinski definition) is 12. The Hall–Kier alpha value is -6.96. The normalized spacial score (nSPS) is 14.5. The molecule has 0 amide bonds.